The molecule has 3 amide bonds. The average molecular weight is 425 g/mol. The normalized spacial score (nSPS) is 10.9. The van der Waals surface area contributed by atoms with Crippen LogP contribution in [0.4, 0.5) is 8.78 Å². The predicted octanol–water partition coefficient (Wildman–Crippen LogP) is 0.949. The van der Waals surface area contributed by atoms with Crippen LogP contribution >= 0.6 is 0 Å². The molecule has 2 rings (SSSR count). The minimum atomic E-state index is -3.39. The standard InChI is InChI=1S/C18H17F2N3O5S/c1-29(27,28)13-5-2-11(3-6-13)17(25)23-22-16(24)8-9-21-18(26)14-7-4-12(19)10-15(14)20/h2-7,10H,8-9H2,1H3,(H,21,26)(H,22,24)(H,23,25). The Balaban J connectivity index is 1.78. The lowest BCUT2D eigenvalue weighted by Gasteiger charge is -2.09. The molecule has 0 radical (unpaired) electrons. The van der Waals surface area contributed by atoms with Crippen LogP contribution in [0, 0.1) is 11.6 Å². The van der Waals surface area contributed by atoms with E-state index in [1.807, 2.05) is 0 Å². The third kappa shape index (κ3) is 6.35. The van der Waals surface area contributed by atoms with E-state index in [1.54, 1.807) is 0 Å². The van der Waals surface area contributed by atoms with Crippen LogP contribution in [-0.4, -0.2) is 38.9 Å². The molecule has 2 aromatic rings. The lowest BCUT2D eigenvalue weighted by atomic mass is 10.2. The number of nitrogens with one attached hydrogen (secondary N) is 3. The number of halogens is 2. The van der Waals surface area contributed by atoms with E-state index < -0.39 is 39.2 Å². The van der Waals surface area contributed by atoms with Gasteiger partial charge in [-0.3, -0.25) is 25.2 Å². The molecular weight excluding hydrogens is 408 g/mol. The topological polar surface area (TPSA) is 121 Å². The Bertz CT molecular complexity index is 1040. The molecule has 8 nitrogen and oxygen atoms in total. The van der Waals surface area contributed by atoms with Gasteiger partial charge in [0.1, 0.15) is 11.6 Å². The van der Waals surface area contributed by atoms with Crippen molar-refractivity contribution in [1.29, 1.82) is 0 Å². The zero-order valence-corrected chi connectivity index (χ0v) is 16.0. The summed E-state index contributed by atoms with van der Waals surface area (Å²) in [4.78, 5) is 35.5. The lowest BCUT2D eigenvalue weighted by molar-refractivity contribution is -0.121. The van der Waals surface area contributed by atoms with Crippen molar-refractivity contribution in [3.8, 4) is 0 Å². The van der Waals surface area contributed by atoms with E-state index in [0.29, 0.717) is 6.07 Å². The summed E-state index contributed by atoms with van der Waals surface area (Å²) in [5.41, 5.74) is 4.03. The SMILES string of the molecule is CS(=O)(=O)c1ccc(C(=O)NNC(=O)CCNC(=O)c2ccc(F)cc2F)cc1. The molecule has 29 heavy (non-hydrogen) atoms. The first kappa shape index (κ1) is 22.0. The van der Waals surface area contributed by atoms with Gasteiger partial charge in [0.2, 0.25) is 5.91 Å². The zero-order valence-electron chi connectivity index (χ0n) is 15.2. The Labute approximate surface area is 165 Å². The first-order valence-electron chi connectivity index (χ1n) is 8.20. The first-order valence-corrected chi connectivity index (χ1v) is 10.1. The summed E-state index contributed by atoms with van der Waals surface area (Å²) in [7, 11) is -3.39. The van der Waals surface area contributed by atoms with Crippen LogP contribution < -0.4 is 16.2 Å². The van der Waals surface area contributed by atoms with Gasteiger partial charge in [-0.25, -0.2) is 17.2 Å². The summed E-state index contributed by atoms with van der Waals surface area (Å²) in [6.07, 6.45) is 0.813. The molecule has 0 saturated carbocycles. The van der Waals surface area contributed by atoms with Gasteiger partial charge in [-0.15, -0.1) is 0 Å². The molecule has 0 aliphatic heterocycles. The molecule has 2 aromatic carbocycles. The van der Waals surface area contributed by atoms with Gasteiger partial charge in [0.25, 0.3) is 11.8 Å². The molecule has 0 fully saturated rings. The monoisotopic (exact) mass is 425 g/mol. The van der Waals surface area contributed by atoms with Crippen molar-refractivity contribution in [2.75, 3.05) is 12.8 Å². The summed E-state index contributed by atoms with van der Waals surface area (Å²) in [6, 6.07) is 7.58. The van der Waals surface area contributed by atoms with Crippen molar-refractivity contribution < 1.29 is 31.6 Å². The van der Waals surface area contributed by atoms with Crippen LogP contribution in [0.3, 0.4) is 0 Å². The fourth-order valence-corrected chi connectivity index (χ4v) is 2.80. The van der Waals surface area contributed by atoms with Gasteiger partial charge in [0, 0.05) is 30.9 Å². The van der Waals surface area contributed by atoms with E-state index >= 15 is 0 Å². The summed E-state index contributed by atoms with van der Waals surface area (Å²) in [5.74, 6) is -3.96. The van der Waals surface area contributed by atoms with Crippen molar-refractivity contribution in [1.82, 2.24) is 16.2 Å². The smallest absolute Gasteiger partial charge is 0.269 e. The summed E-state index contributed by atoms with van der Waals surface area (Å²) in [5, 5.41) is 2.30. The fraction of sp³-hybridized carbons (Fsp3) is 0.167. The molecule has 3 N–H and O–H groups in total. The molecule has 0 spiro atoms. The molecule has 154 valence electrons. The van der Waals surface area contributed by atoms with Crippen LogP contribution in [0.5, 0.6) is 0 Å². The minimum Gasteiger partial charge on any atom is -0.351 e. The van der Waals surface area contributed by atoms with Gasteiger partial charge < -0.3 is 5.32 Å². The molecule has 0 aromatic heterocycles. The molecule has 0 saturated heterocycles. The van der Waals surface area contributed by atoms with Crippen LogP contribution in [0.25, 0.3) is 0 Å². The van der Waals surface area contributed by atoms with E-state index in [2.05, 4.69) is 16.2 Å². The highest BCUT2D eigenvalue weighted by Crippen LogP contribution is 2.10. The molecule has 0 atom stereocenters. The number of sulfone groups is 1. The number of carbonyl (C=O) groups excluding carboxylic acids is 3. The third-order valence-electron chi connectivity index (χ3n) is 3.67. The highest BCUT2D eigenvalue weighted by atomic mass is 32.2. The number of amides is 3. The van der Waals surface area contributed by atoms with Crippen molar-refractivity contribution in [2.45, 2.75) is 11.3 Å². The molecular formula is C18H17F2N3O5S. The summed E-state index contributed by atoms with van der Waals surface area (Å²) in [6.45, 7) is -0.152. The predicted molar refractivity (Wildman–Crippen MR) is 98.5 cm³/mol. The average Bonchev–Trinajstić information content (AvgIpc) is 2.65. The lowest BCUT2D eigenvalue weighted by Crippen LogP contribution is -2.42. The Morgan fingerprint density at radius 3 is 2.17 bits per heavy atom. The maximum absolute atomic E-state index is 13.5. The van der Waals surface area contributed by atoms with E-state index in [0.717, 1.165) is 18.4 Å². The summed E-state index contributed by atoms with van der Waals surface area (Å²) < 4.78 is 49.1. The minimum absolute atomic E-state index is 0.0476. The number of benzene rings is 2. The molecule has 0 unspecified atom stereocenters. The van der Waals surface area contributed by atoms with Gasteiger partial charge >= 0.3 is 0 Å². The largest absolute Gasteiger partial charge is 0.351 e. The number of carbonyl (C=O) groups is 3. The van der Waals surface area contributed by atoms with Gasteiger partial charge in [-0.1, -0.05) is 0 Å². The van der Waals surface area contributed by atoms with Crippen molar-refractivity contribution in [3.63, 3.8) is 0 Å². The maximum atomic E-state index is 13.5. The Kier molecular flexibility index (Phi) is 6.99. The van der Waals surface area contributed by atoms with Crippen molar-refractivity contribution in [2.24, 2.45) is 0 Å². The number of rotatable bonds is 6. The van der Waals surface area contributed by atoms with E-state index in [1.165, 1.54) is 24.3 Å². The van der Waals surface area contributed by atoms with Gasteiger partial charge in [0.15, 0.2) is 9.84 Å². The second-order valence-electron chi connectivity index (χ2n) is 5.93. The Morgan fingerprint density at radius 1 is 0.931 bits per heavy atom. The highest BCUT2D eigenvalue weighted by molar-refractivity contribution is 7.90. The van der Waals surface area contributed by atoms with Gasteiger partial charge in [0.05, 0.1) is 10.5 Å². The van der Waals surface area contributed by atoms with E-state index in [-0.39, 0.29) is 29.0 Å². The second kappa shape index (κ2) is 9.24. The number of hydrogen-bond donors (Lipinski definition) is 3. The quantitative estimate of drug-likeness (QED) is 0.595. The molecule has 0 aliphatic rings. The van der Waals surface area contributed by atoms with E-state index in [9.17, 15) is 31.6 Å². The van der Waals surface area contributed by atoms with Crippen LogP contribution in [0.15, 0.2) is 47.4 Å². The zero-order chi connectivity index (χ0) is 21.6. The van der Waals surface area contributed by atoms with Crippen LogP contribution in [0.2, 0.25) is 0 Å². The number of hydrogen-bond acceptors (Lipinski definition) is 5. The Hall–Kier alpha value is -3.34. The van der Waals surface area contributed by atoms with Gasteiger partial charge in [-0.2, -0.15) is 0 Å². The Morgan fingerprint density at radius 2 is 1.59 bits per heavy atom. The molecule has 0 aliphatic carbocycles. The third-order valence-corrected chi connectivity index (χ3v) is 4.80. The number of hydrazine groups is 1. The summed E-state index contributed by atoms with van der Waals surface area (Å²) >= 11 is 0. The molecule has 0 bridgehead atoms. The van der Waals surface area contributed by atoms with Gasteiger partial charge in [-0.05, 0) is 36.4 Å². The van der Waals surface area contributed by atoms with E-state index in [4.69, 9.17) is 0 Å². The van der Waals surface area contributed by atoms with Crippen molar-refractivity contribution in [3.05, 3.63) is 65.2 Å². The van der Waals surface area contributed by atoms with Crippen LogP contribution in [0.1, 0.15) is 27.1 Å². The highest BCUT2D eigenvalue weighted by Gasteiger charge is 2.13. The first-order chi connectivity index (χ1) is 13.6. The van der Waals surface area contributed by atoms with Crippen LogP contribution in [-0.2, 0) is 14.6 Å². The molecule has 11 heteroatoms. The maximum Gasteiger partial charge on any atom is 0.269 e. The fourth-order valence-electron chi connectivity index (χ4n) is 2.17. The molecule has 0 heterocycles. The second-order valence-corrected chi connectivity index (χ2v) is 7.94. The van der Waals surface area contributed by atoms with Crippen molar-refractivity contribution >= 4 is 27.6 Å².